The first-order valence-electron chi connectivity index (χ1n) is 9.00. The molecule has 0 aliphatic rings. The fraction of sp³-hybridized carbons (Fsp3) is 0.190. The Morgan fingerprint density at radius 1 is 1.10 bits per heavy atom. The summed E-state index contributed by atoms with van der Waals surface area (Å²) in [5.74, 6) is 0.581. The van der Waals surface area contributed by atoms with Crippen LogP contribution in [-0.2, 0) is 24.4 Å². The van der Waals surface area contributed by atoms with Gasteiger partial charge in [-0.15, -0.1) is 22.7 Å². The molecule has 4 rings (SSSR count). The summed E-state index contributed by atoms with van der Waals surface area (Å²) in [6.45, 7) is 0.805. The van der Waals surface area contributed by atoms with E-state index in [1.54, 1.807) is 29.4 Å². The molecule has 0 aliphatic heterocycles. The maximum absolute atomic E-state index is 13.2. The van der Waals surface area contributed by atoms with Crippen LogP contribution in [0.25, 0.3) is 10.2 Å². The summed E-state index contributed by atoms with van der Waals surface area (Å²) in [7, 11) is 1.62. The van der Waals surface area contributed by atoms with Crippen LogP contribution in [0.4, 0.5) is 0 Å². The van der Waals surface area contributed by atoms with Crippen LogP contribution in [0.3, 0.4) is 0 Å². The van der Waals surface area contributed by atoms with Gasteiger partial charge < -0.3 is 9.64 Å². The van der Waals surface area contributed by atoms with E-state index in [2.05, 4.69) is 4.98 Å². The van der Waals surface area contributed by atoms with Gasteiger partial charge in [0.1, 0.15) is 17.1 Å². The van der Waals surface area contributed by atoms with Crippen LogP contribution in [-0.4, -0.2) is 27.5 Å². The van der Waals surface area contributed by atoms with Gasteiger partial charge in [-0.2, -0.15) is 0 Å². The Morgan fingerprint density at radius 2 is 1.97 bits per heavy atom. The zero-order valence-corrected chi connectivity index (χ0v) is 17.4. The third kappa shape index (κ3) is 4.23. The molecule has 148 valence electrons. The second-order valence-electron chi connectivity index (χ2n) is 6.46. The minimum absolute atomic E-state index is 0.0574. The van der Waals surface area contributed by atoms with Gasteiger partial charge in [-0.05, 0) is 29.0 Å². The predicted octanol–water partition coefficient (Wildman–Crippen LogP) is 3.76. The molecule has 29 heavy (non-hydrogen) atoms. The highest BCUT2D eigenvalue weighted by atomic mass is 32.1. The van der Waals surface area contributed by atoms with Gasteiger partial charge in [0.2, 0.25) is 5.91 Å². The molecule has 8 heteroatoms. The Labute approximate surface area is 175 Å². The number of aromatic nitrogens is 2. The van der Waals surface area contributed by atoms with Crippen molar-refractivity contribution in [3.63, 3.8) is 0 Å². The Hall–Kier alpha value is -2.97. The van der Waals surface area contributed by atoms with E-state index in [0.717, 1.165) is 16.2 Å². The van der Waals surface area contributed by atoms with E-state index in [1.165, 1.54) is 22.2 Å². The minimum atomic E-state index is -0.196. The van der Waals surface area contributed by atoms with Crippen molar-refractivity contribution in [1.29, 1.82) is 0 Å². The standard InChI is InChI=1S/C21H19N3O3S2/c1-27-18-7-3-2-5-15(18)11-23(12-16-6-4-9-28-16)19(25)13-24-14-22-20-17(21(24)26)8-10-29-20/h2-10,14H,11-13H2,1H3. The number of carbonyl (C=O) groups is 1. The lowest BCUT2D eigenvalue weighted by Crippen LogP contribution is -2.35. The molecule has 0 fully saturated rings. The number of carbonyl (C=O) groups excluding carboxylic acids is 1. The first kappa shape index (κ1) is 19.4. The second kappa shape index (κ2) is 8.59. The average Bonchev–Trinajstić information content (AvgIpc) is 3.42. The molecule has 0 N–H and O–H groups in total. The van der Waals surface area contributed by atoms with Crippen molar-refractivity contribution >= 4 is 38.8 Å². The summed E-state index contributed by atoms with van der Waals surface area (Å²) in [5, 5.41) is 4.36. The summed E-state index contributed by atoms with van der Waals surface area (Å²) in [6, 6.07) is 13.3. The molecule has 1 aromatic carbocycles. The summed E-state index contributed by atoms with van der Waals surface area (Å²) < 4.78 is 6.81. The van der Waals surface area contributed by atoms with E-state index in [-0.39, 0.29) is 18.0 Å². The molecular weight excluding hydrogens is 406 g/mol. The number of methoxy groups -OCH3 is 1. The zero-order chi connectivity index (χ0) is 20.2. The number of hydrogen-bond acceptors (Lipinski definition) is 6. The predicted molar refractivity (Wildman–Crippen MR) is 115 cm³/mol. The highest BCUT2D eigenvalue weighted by Gasteiger charge is 2.19. The van der Waals surface area contributed by atoms with Gasteiger partial charge in [-0.3, -0.25) is 14.2 Å². The van der Waals surface area contributed by atoms with E-state index in [4.69, 9.17) is 4.74 Å². The maximum Gasteiger partial charge on any atom is 0.262 e. The fourth-order valence-electron chi connectivity index (χ4n) is 3.11. The number of benzene rings is 1. The van der Waals surface area contributed by atoms with E-state index in [0.29, 0.717) is 23.3 Å². The number of fused-ring (bicyclic) bond motifs is 1. The number of ether oxygens (including phenoxy) is 1. The summed E-state index contributed by atoms with van der Waals surface area (Å²) >= 11 is 3.01. The Morgan fingerprint density at radius 3 is 2.76 bits per heavy atom. The third-order valence-corrected chi connectivity index (χ3v) is 6.27. The number of para-hydroxylation sites is 1. The average molecular weight is 426 g/mol. The Bertz CT molecular complexity index is 1180. The van der Waals surface area contributed by atoms with Gasteiger partial charge in [0.25, 0.3) is 5.56 Å². The van der Waals surface area contributed by atoms with Crippen LogP contribution in [0.2, 0.25) is 0 Å². The van der Waals surface area contributed by atoms with Crippen LogP contribution in [0, 0.1) is 0 Å². The van der Waals surface area contributed by atoms with Crippen molar-refractivity contribution in [3.05, 3.63) is 80.3 Å². The number of hydrogen-bond donors (Lipinski definition) is 0. The number of rotatable bonds is 7. The molecule has 0 unspecified atom stereocenters. The molecule has 1 amide bonds. The highest BCUT2D eigenvalue weighted by molar-refractivity contribution is 7.16. The Kier molecular flexibility index (Phi) is 5.73. The van der Waals surface area contributed by atoms with Gasteiger partial charge in [0.05, 0.1) is 25.4 Å². The van der Waals surface area contributed by atoms with E-state index in [9.17, 15) is 9.59 Å². The molecule has 0 bridgehead atoms. The van der Waals surface area contributed by atoms with Gasteiger partial charge in [0, 0.05) is 17.0 Å². The lowest BCUT2D eigenvalue weighted by Gasteiger charge is -2.23. The lowest BCUT2D eigenvalue weighted by atomic mass is 10.2. The number of amides is 1. The summed E-state index contributed by atoms with van der Waals surface area (Å²) in [4.78, 5) is 33.6. The smallest absolute Gasteiger partial charge is 0.262 e. The van der Waals surface area contributed by atoms with Crippen molar-refractivity contribution in [2.45, 2.75) is 19.6 Å². The molecular formula is C21H19N3O3S2. The van der Waals surface area contributed by atoms with Crippen molar-refractivity contribution in [1.82, 2.24) is 14.5 Å². The lowest BCUT2D eigenvalue weighted by molar-refractivity contribution is -0.133. The van der Waals surface area contributed by atoms with Gasteiger partial charge >= 0.3 is 0 Å². The van der Waals surface area contributed by atoms with E-state index in [1.807, 2.05) is 47.2 Å². The van der Waals surface area contributed by atoms with Gasteiger partial charge in [-0.25, -0.2) is 4.98 Å². The van der Waals surface area contributed by atoms with Crippen molar-refractivity contribution in [3.8, 4) is 5.75 Å². The number of nitrogens with zero attached hydrogens (tertiary/aromatic N) is 3. The minimum Gasteiger partial charge on any atom is -0.496 e. The van der Waals surface area contributed by atoms with Crippen molar-refractivity contribution < 1.29 is 9.53 Å². The van der Waals surface area contributed by atoms with Crippen LogP contribution in [0.1, 0.15) is 10.4 Å². The normalized spacial score (nSPS) is 10.9. The summed E-state index contributed by atoms with van der Waals surface area (Å²) in [5.41, 5.74) is 0.719. The monoisotopic (exact) mass is 425 g/mol. The SMILES string of the molecule is COc1ccccc1CN(Cc1cccs1)C(=O)Cn1cnc2sccc2c1=O. The van der Waals surface area contributed by atoms with Crippen molar-refractivity contribution in [2.75, 3.05) is 7.11 Å². The molecule has 0 spiro atoms. The Balaban J connectivity index is 1.61. The quantitative estimate of drug-likeness (QED) is 0.452. The molecule has 3 aromatic heterocycles. The van der Waals surface area contributed by atoms with Gasteiger partial charge in [-0.1, -0.05) is 24.3 Å². The molecule has 0 radical (unpaired) electrons. The van der Waals surface area contributed by atoms with Crippen LogP contribution in [0.15, 0.2) is 64.3 Å². The van der Waals surface area contributed by atoms with Crippen LogP contribution >= 0.6 is 22.7 Å². The molecule has 0 aliphatic carbocycles. The molecule has 6 nitrogen and oxygen atoms in total. The first-order chi connectivity index (χ1) is 14.2. The summed E-state index contributed by atoms with van der Waals surface area (Å²) in [6.07, 6.45) is 1.45. The van der Waals surface area contributed by atoms with Gasteiger partial charge in [0.15, 0.2) is 0 Å². The van der Waals surface area contributed by atoms with Crippen LogP contribution in [0.5, 0.6) is 5.75 Å². The van der Waals surface area contributed by atoms with Crippen molar-refractivity contribution in [2.24, 2.45) is 0 Å². The largest absolute Gasteiger partial charge is 0.496 e. The molecule has 4 aromatic rings. The molecule has 3 heterocycles. The third-order valence-electron chi connectivity index (χ3n) is 4.59. The maximum atomic E-state index is 13.2. The van der Waals surface area contributed by atoms with E-state index < -0.39 is 0 Å². The van der Waals surface area contributed by atoms with E-state index >= 15 is 0 Å². The second-order valence-corrected chi connectivity index (χ2v) is 8.38. The first-order valence-corrected chi connectivity index (χ1v) is 10.8. The molecule has 0 saturated heterocycles. The zero-order valence-electron chi connectivity index (χ0n) is 15.8. The van der Waals surface area contributed by atoms with Crippen LogP contribution < -0.4 is 10.3 Å². The topological polar surface area (TPSA) is 64.4 Å². The molecule has 0 atom stereocenters. The highest BCUT2D eigenvalue weighted by Crippen LogP contribution is 2.22. The number of thiophene rings is 2. The molecule has 0 saturated carbocycles. The fourth-order valence-corrected chi connectivity index (χ4v) is 4.56.